The molecule has 5 rings (SSSR count). The summed E-state index contributed by atoms with van der Waals surface area (Å²) in [6.45, 7) is 2.53. The third-order valence-electron chi connectivity index (χ3n) is 6.44. The van der Waals surface area contributed by atoms with Gasteiger partial charge in [0.05, 0.1) is 16.4 Å². The third kappa shape index (κ3) is 2.74. The minimum atomic E-state index is 0.00230. The van der Waals surface area contributed by atoms with E-state index in [1.165, 1.54) is 0 Å². The maximum Gasteiger partial charge on any atom is 0.255 e. The summed E-state index contributed by atoms with van der Waals surface area (Å²) in [6, 6.07) is 3.75. The predicted octanol–water partition coefficient (Wildman–Crippen LogP) is 3.92. The zero-order valence-corrected chi connectivity index (χ0v) is 16.6. The van der Waals surface area contributed by atoms with Crippen LogP contribution in [0.4, 0.5) is 11.6 Å². The number of nitrogens with zero attached hydrogens (tertiary/aromatic N) is 2. The summed E-state index contributed by atoms with van der Waals surface area (Å²) in [7, 11) is 0. The number of aromatic nitrogens is 2. The van der Waals surface area contributed by atoms with E-state index in [-0.39, 0.29) is 11.0 Å². The average molecular weight is 405 g/mol. The molecule has 2 aliphatic heterocycles. The lowest BCUT2D eigenvalue weighted by Crippen LogP contribution is -2.45. The Morgan fingerprint density at radius 1 is 1.07 bits per heavy atom. The molecule has 3 heterocycles. The van der Waals surface area contributed by atoms with Crippen LogP contribution in [0.2, 0.25) is 10.0 Å². The molecule has 0 unspecified atom stereocenters. The molecule has 0 amide bonds. The Hall–Kier alpha value is -1.72. The van der Waals surface area contributed by atoms with Gasteiger partial charge in [0.15, 0.2) is 0 Å². The zero-order valence-electron chi connectivity index (χ0n) is 15.1. The van der Waals surface area contributed by atoms with Gasteiger partial charge in [0, 0.05) is 41.2 Å². The summed E-state index contributed by atoms with van der Waals surface area (Å²) < 4.78 is 0. The standard InChI is InChI=1S/C20H22Cl2N4O/c21-13-5-6-14(22)17-16(13)20(11-23-17)7-9-26(10-8-20)19-24-15-4-2-1-3-12(15)18(27)25-19/h5-6,23H,1-4,7-11H2,(H,24,25,27). The van der Waals surface area contributed by atoms with Gasteiger partial charge in [0.2, 0.25) is 5.95 Å². The van der Waals surface area contributed by atoms with Crippen molar-refractivity contribution in [1.82, 2.24) is 9.97 Å². The van der Waals surface area contributed by atoms with Gasteiger partial charge in [-0.15, -0.1) is 0 Å². The molecule has 5 nitrogen and oxygen atoms in total. The number of anilines is 2. The van der Waals surface area contributed by atoms with Crippen molar-refractivity contribution >= 4 is 34.8 Å². The molecular formula is C20H22Cl2N4O. The highest BCUT2D eigenvalue weighted by Crippen LogP contribution is 2.49. The molecule has 1 aromatic carbocycles. The van der Waals surface area contributed by atoms with Crippen molar-refractivity contribution in [2.75, 3.05) is 29.9 Å². The molecule has 7 heteroatoms. The van der Waals surface area contributed by atoms with Gasteiger partial charge in [-0.1, -0.05) is 23.2 Å². The van der Waals surface area contributed by atoms with E-state index in [1.807, 2.05) is 12.1 Å². The Labute approximate surface area is 168 Å². The predicted molar refractivity (Wildman–Crippen MR) is 110 cm³/mol. The molecule has 1 aromatic heterocycles. The maximum atomic E-state index is 12.5. The summed E-state index contributed by atoms with van der Waals surface area (Å²) in [6.07, 6.45) is 5.87. The van der Waals surface area contributed by atoms with Crippen molar-refractivity contribution in [3.8, 4) is 0 Å². The van der Waals surface area contributed by atoms with E-state index in [0.29, 0.717) is 0 Å². The van der Waals surface area contributed by atoms with Gasteiger partial charge in [-0.3, -0.25) is 9.78 Å². The Balaban J connectivity index is 1.42. The molecule has 2 aromatic rings. The fourth-order valence-electron chi connectivity index (χ4n) is 4.90. The van der Waals surface area contributed by atoms with Crippen LogP contribution in [0.25, 0.3) is 0 Å². The number of aryl methyl sites for hydroxylation is 1. The molecule has 0 saturated carbocycles. The Morgan fingerprint density at radius 3 is 2.63 bits per heavy atom. The molecule has 1 fully saturated rings. The summed E-state index contributed by atoms with van der Waals surface area (Å²) in [5.74, 6) is 0.721. The normalized spacial score (nSPS) is 20.3. The van der Waals surface area contributed by atoms with E-state index < -0.39 is 0 Å². The van der Waals surface area contributed by atoms with Gasteiger partial charge in [-0.2, -0.15) is 0 Å². The van der Waals surface area contributed by atoms with Crippen molar-refractivity contribution in [3.05, 3.63) is 49.4 Å². The molecule has 1 aliphatic carbocycles. The lowest BCUT2D eigenvalue weighted by molar-refractivity contribution is 0.359. The summed E-state index contributed by atoms with van der Waals surface area (Å²) in [5, 5.41) is 4.98. The molecule has 142 valence electrons. The first kappa shape index (κ1) is 17.4. The molecule has 3 aliphatic rings. The fraction of sp³-hybridized carbons (Fsp3) is 0.500. The van der Waals surface area contributed by atoms with Gasteiger partial charge in [0.1, 0.15) is 0 Å². The number of nitrogens with one attached hydrogen (secondary N) is 2. The van der Waals surface area contributed by atoms with Gasteiger partial charge in [-0.05, 0) is 50.7 Å². The number of aromatic amines is 1. The van der Waals surface area contributed by atoms with Crippen LogP contribution in [0, 0.1) is 0 Å². The van der Waals surface area contributed by atoms with Crippen molar-refractivity contribution in [2.24, 2.45) is 0 Å². The van der Waals surface area contributed by atoms with E-state index in [9.17, 15) is 4.79 Å². The number of H-pyrrole nitrogens is 1. The number of hydrogen-bond donors (Lipinski definition) is 2. The molecule has 0 bridgehead atoms. The second kappa shape index (κ2) is 6.42. The molecule has 2 N–H and O–H groups in total. The van der Waals surface area contributed by atoms with Crippen molar-refractivity contribution in [2.45, 2.75) is 43.9 Å². The van der Waals surface area contributed by atoms with Crippen LogP contribution in [-0.2, 0) is 18.3 Å². The van der Waals surface area contributed by atoms with Crippen LogP contribution in [0.15, 0.2) is 16.9 Å². The highest BCUT2D eigenvalue weighted by Gasteiger charge is 2.44. The number of benzene rings is 1. The van der Waals surface area contributed by atoms with E-state index in [0.717, 1.165) is 96.7 Å². The quantitative estimate of drug-likeness (QED) is 0.755. The van der Waals surface area contributed by atoms with Gasteiger partial charge < -0.3 is 10.2 Å². The number of piperidine rings is 1. The van der Waals surface area contributed by atoms with E-state index >= 15 is 0 Å². The Bertz CT molecular complexity index is 963. The second-order valence-corrected chi connectivity index (χ2v) is 8.74. The third-order valence-corrected chi connectivity index (χ3v) is 7.07. The van der Waals surface area contributed by atoms with Crippen LogP contribution in [0.1, 0.15) is 42.5 Å². The lowest BCUT2D eigenvalue weighted by Gasteiger charge is -2.40. The number of halogens is 2. The second-order valence-electron chi connectivity index (χ2n) is 7.92. The zero-order chi connectivity index (χ0) is 18.6. The van der Waals surface area contributed by atoms with E-state index in [1.54, 1.807) is 0 Å². The molecular weight excluding hydrogens is 383 g/mol. The average Bonchev–Trinajstić information content (AvgIpc) is 3.05. The summed E-state index contributed by atoms with van der Waals surface area (Å²) in [5.41, 5.74) is 4.05. The molecule has 1 saturated heterocycles. The lowest BCUT2D eigenvalue weighted by atomic mass is 9.74. The van der Waals surface area contributed by atoms with Crippen molar-refractivity contribution in [3.63, 3.8) is 0 Å². The topological polar surface area (TPSA) is 61.0 Å². The minimum Gasteiger partial charge on any atom is -0.383 e. The molecule has 0 atom stereocenters. The van der Waals surface area contributed by atoms with E-state index in [2.05, 4.69) is 15.2 Å². The Kier molecular flexibility index (Phi) is 4.13. The van der Waals surface area contributed by atoms with E-state index in [4.69, 9.17) is 28.2 Å². The van der Waals surface area contributed by atoms with Gasteiger partial charge in [0.25, 0.3) is 5.56 Å². The Morgan fingerprint density at radius 2 is 1.81 bits per heavy atom. The molecule has 1 spiro atoms. The molecule has 0 radical (unpaired) electrons. The summed E-state index contributed by atoms with van der Waals surface area (Å²) >= 11 is 12.9. The minimum absolute atomic E-state index is 0.00230. The smallest absolute Gasteiger partial charge is 0.255 e. The summed E-state index contributed by atoms with van der Waals surface area (Å²) in [4.78, 5) is 22.5. The SMILES string of the molecule is O=c1[nH]c(N2CCC3(CC2)CNc2c(Cl)ccc(Cl)c23)nc2c1CCCC2. The van der Waals surface area contributed by atoms with Gasteiger partial charge >= 0.3 is 0 Å². The van der Waals surface area contributed by atoms with Crippen LogP contribution in [0.3, 0.4) is 0 Å². The van der Waals surface area contributed by atoms with Crippen LogP contribution in [0.5, 0.6) is 0 Å². The largest absolute Gasteiger partial charge is 0.383 e. The highest BCUT2D eigenvalue weighted by molar-refractivity contribution is 6.36. The van der Waals surface area contributed by atoms with Crippen LogP contribution >= 0.6 is 23.2 Å². The van der Waals surface area contributed by atoms with Crippen LogP contribution < -0.4 is 15.8 Å². The monoisotopic (exact) mass is 404 g/mol. The fourth-order valence-corrected chi connectivity index (χ4v) is 5.48. The number of hydrogen-bond acceptors (Lipinski definition) is 4. The molecule has 27 heavy (non-hydrogen) atoms. The first-order chi connectivity index (χ1) is 13.1. The number of rotatable bonds is 1. The number of fused-ring (bicyclic) bond motifs is 3. The van der Waals surface area contributed by atoms with Gasteiger partial charge in [-0.25, -0.2) is 4.98 Å². The first-order valence-corrected chi connectivity index (χ1v) is 10.4. The highest BCUT2D eigenvalue weighted by atomic mass is 35.5. The van der Waals surface area contributed by atoms with Crippen molar-refractivity contribution in [1.29, 1.82) is 0 Å². The van der Waals surface area contributed by atoms with Crippen molar-refractivity contribution < 1.29 is 0 Å². The van der Waals surface area contributed by atoms with Crippen LogP contribution in [-0.4, -0.2) is 29.6 Å². The first-order valence-electron chi connectivity index (χ1n) is 9.67. The maximum absolute atomic E-state index is 12.5.